The molecule has 1 rings (SSSR count). The van der Waals surface area contributed by atoms with Crippen molar-refractivity contribution in [2.75, 3.05) is 11.6 Å². The van der Waals surface area contributed by atoms with Gasteiger partial charge in [-0.15, -0.1) is 23.4 Å². The maximum Gasteiger partial charge on any atom is 0.0311 e. The summed E-state index contributed by atoms with van der Waals surface area (Å²) in [4.78, 5) is 1.33. The lowest BCUT2D eigenvalue weighted by molar-refractivity contribution is 0.552. The molecular formula is C12H16BrClS. The second kappa shape index (κ2) is 7.59. The number of thioether (sulfide) groups is 1. The highest BCUT2D eigenvalue weighted by Crippen LogP contribution is 2.28. The second-order valence-corrected chi connectivity index (χ2v) is 6.02. The SMILES string of the molecule is CC(CCCl)CCSc1ccccc1Br. The smallest absolute Gasteiger partial charge is 0.0311 e. The fraction of sp³-hybridized carbons (Fsp3) is 0.500. The molecule has 1 aromatic carbocycles. The zero-order valence-electron chi connectivity index (χ0n) is 8.88. The quantitative estimate of drug-likeness (QED) is 0.514. The Kier molecular flexibility index (Phi) is 6.78. The Labute approximate surface area is 110 Å². The topological polar surface area (TPSA) is 0 Å². The number of hydrogen-bond donors (Lipinski definition) is 0. The van der Waals surface area contributed by atoms with E-state index >= 15 is 0 Å². The number of alkyl halides is 1. The van der Waals surface area contributed by atoms with E-state index in [1.807, 2.05) is 17.8 Å². The molecule has 0 N–H and O–H groups in total. The predicted octanol–water partition coefficient (Wildman–Crippen LogP) is 5.20. The molecule has 0 spiro atoms. The molecule has 84 valence electrons. The van der Waals surface area contributed by atoms with E-state index in [0.717, 1.165) is 18.2 Å². The van der Waals surface area contributed by atoms with Gasteiger partial charge in [0, 0.05) is 15.2 Å². The molecule has 0 aromatic heterocycles. The highest BCUT2D eigenvalue weighted by atomic mass is 79.9. The number of rotatable bonds is 6. The molecule has 0 amide bonds. The first kappa shape index (κ1) is 13.4. The summed E-state index contributed by atoms with van der Waals surface area (Å²) in [7, 11) is 0. The van der Waals surface area contributed by atoms with Crippen molar-refractivity contribution in [1.29, 1.82) is 0 Å². The third-order valence-electron chi connectivity index (χ3n) is 2.31. The van der Waals surface area contributed by atoms with Crippen LogP contribution in [0.25, 0.3) is 0 Å². The average molecular weight is 308 g/mol. The van der Waals surface area contributed by atoms with Crippen molar-refractivity contribution < 1.29 is 0 Å². The van der Waals surface area contributed by atoms with Crippen LogP contribution in [0.5, 0.6) is 0 Å². The van der Waals surface area contributed by atoms with Gasteiger partial charge >= 0.3 is 0 Å². The van der Waals surface area contributed by atoms with Gasteiger partial charge in [0.15, 0.2) is 0 Å². The van der Waals surface area contributed by atoms with Crippen molar-refractivity contribution in [1.82, 2.24) is 0 Å². The Bertz CT molecular complexity index is 291. The minimum absolute atomic E-state index is 0.734. The maximum absolute atomic E-state index is 5.70. The van der Waals surface area contributed by atoms with Gasteiger partial charge in [0.1, 0.15) is 0 Å². The Morgan fingerprint density at radius 1 is 1.33 bits per heavy atom. The molecule has 0 saturated carbocycles. The summed E-state index contributed by atoms with van der Waals surface area (Å²) in [6.07, 6.45) is 2.36. The van der Waals surface area contributed by atoms with E-state index in [4.69, 9.17) is 11.6 Å². The van der Waals surface area contributed by atoms with Gasteiger partial charge in [0.25, 0.3) is 0 Å². The Balaban J connectivity index is 2.29. The molecule has 0 aliphatic heterocycles. The zero-order valence-corrected chi connectivity index (χ0v) is 12.0. The van der Waals surface area contributed by atoms with Crippen LogP contribution in [0.2, 0.25) is 0 Å². The second-order valence-electron chi connectivity index (χ2n) is 3.65. The molecule has 0 fully saturated rings. The standard InChI is InChI=1S/C12H16BrClS/c1-10(6-8-14)7-9-15-12-5-3-2-4-11(12)13/h2-5,10H,6-9H2,1H3. The molecular weight excluding hydrogens is 292 g/mol. The molecule has 0 radical (unpaired) electrons. The van der Waals surface area contributed by atoms with E-state index < -0.39 is 0 Å². The number of hydrogen-bond acceptors (Lipinski definition) is 1. The van der Waals surface area contributed by atoms with Crippen molar-refractivity contribution in [3.05, 3.63) is 28.7 Å². The molecule has 0 nitrogen and oxygen atoms in total. The monoisotopic (exact) mass is 306 g/mol. The Morgan fingerprint density at radius 2 is 2.07 bits per heavy atom. The van der Waals surface area contributed by atoms with Gasteiger partial charge in [0.2, 0.25) is 0 Å². The Morgan fingerprint density at radius 3 is 2.73 bits per heavy atom. The third-order valence-corrected chi connectivity index (χ3v) is 4.59. The summed E-state index contributed by atoms with van der Waals surface area (Å²) in [6.45, 7) is 2.27. The molecule has 0 aliphatic carbocycles. The van der Waals surface area contributed by atoms with Crippen LogP contribution in [0.4, 0.5) is 0 Å². The largest absolute Gasteiger partial charge is 0.127 e. The lowest BCUT2D eigenvalue weighted by Crippen LogP contribution is -1.97. The third kappa shape index (κ3) is 5.28. The maximum atomic E-state index is 5.70. The van der Waals surface area contributed by atoms with E-state index in [9.17, 15) is 0 Å². The highest BCUT2D eigenvalue weighted by Gasteiger charge is 2.03. The van der Waals surface area contributed by atoms with Gasteiger partial charge in [-0.3, -0.25) is 0 Å². The van der Waals surface area contributed by atoms with Gasteiger partial charge < -0.3 is 0 Å². The van der Waals surface area contributed by atoms with Gasteiger partial charge in [-0.05, 0) is 52.6 Å². The van der Waals surface area contributed by atoms with Crippen molar-refractivity contribution in [3.8, 4) is 0 Å². The van der Waals surface area contributed by atoms with Crippen molar-refractivity contribution >= 4 is 39.3 Å². The molecule has 1 aromatic rings. The number of benzene rings is 1. The van der Waals surface area contributed by atoms with E-state index in [2.05, 4.69) is 41.1 Å². The molecule has 0 bridgehead atoms. The van der Waals surface area contributed by atoms with E-state index in [1.54, 1.807) is 0 Å². The van der Waals surface area contributed by atoms with Gasteiger partial charge in [-0.1, -0.05) is 19.1 Å². The lowest BCUT2D eigenvalue weighted by Gasteiger charge is -2.09. The van der Waals surface area contributed by atoms with E-state index in [1.165, 1.54) is 21.5 Å². The van der Waals surface area contributed by atoms with Gasteiger partial charge in [-0.2, -0.15) is 0 Å². The summed E-state index contributed by atoms with van der Waals surface area (Å²) < 4.78 is 1.19. The van der Waals surface area contributed by atoms with Crippen molar-refractivity contribution in [3.63, 3.8) is 0 Å². The summed E-state index contributed by atoms with van der Waals surface area (Å²) in [5.41, 5.74) is 0. The summed E-state index contributed by atoms with van der Waals surface area (Å²) in [6, 6.07) is 8.37. The Hall–Kier alpha value is 0.340. The lowest BCUT2D eigenvalue weighted by atomic mass is 10.1. The highest BCUT2D eigenvalue weighted by molar-refractivity contribution is 9.10. The molecule has 0 aliphatic rings. The normalized spacial score (nSPS) is 12.7. The minimum atomic E-state index is 0.734. The predicted molar refractivity (Wildman–Crippen MR) is 74.0 cm³/mol. The van der Waals surface area contributed by atoms with Crippen LogP contribution < -0.4 is 0 Å². The van der Waals surface area contributed by atoms with Crippen LogP contribution >= 0.6 is 39.3 Å². The van der Waals surface area contributed by atoms with Crippen molar-refractivity contribution in [2.45, 2.75) is 24.7 Å². The van der Waals surface area contributed by atoms with E-state index in [0.29, 0.717) is 0 Å². The van der Waals surface area contributed by atoms with Crippen LogP contribution in [0.15, 0.2) is 33.6 Å². The van der Waals surface area contributed by atoms with Crippen LogP contribution in [-0.2, 0) is 0 Å². The summed E-state index contributed by atoms with van der Waals surface area (Å²) >= 11 is 11.2. The molecule has 1 unspecified atom stereocenters. The fourth-order valence-electron chi connectivity index (χ4n) is 1.26. The van der Waals surface area contributed by atoms with Crippen LogP contribution in [0, 0.1) is 5.92 Å². The number of halogens is 2. The summed E-state index contributed by atoms with van der Waals surface area (Å²) in [5.74, 6) is 2.68. The van der Waals surface area contributed by atoms with Gasteiger partial charge in [-0.25, -0.2) is 0 Å². The van der Waals surface area contributed by atoms with Gasteiger partial charge in [0.05, 0.1) is 0 Å². The minimum Gasteiger partial charge on any atom is -0.127 e. The first-order valence-corrected chi connectivity index (χ1v) is 7.48. The molecule has 0 saturated heterocycles. The first-order chi connectivity index (χ1) is 7.24. The molecule has 3 heteroatoms. The zero-order chi connectivity index (χ0) is 11.1. The summed E-state index contributed by atoms with van der Waals surface area (Å²) in [5, 5.41) is 0. The first-order valence-electron chi connectivity index (χ1n) is 5.17. The van der Waals surface area contributed by atoms with E-state index in [-0.39, 0.29) is 0 Å². The van der Waals surface area contributed by atoms with Crippen LogP contribution in [0.3, 0.4) is 0 Å². The van der Waals surface area contributed by atoms with Crippen LogP contribution in [-0.4, -0.2) is 11.6 Å². The molecule has 1 atom stereocenters. The molecule has 0 heterocycles. The molecule has 15 heavy (non-hydrogen) atoms. The average Bonchev–Trinajstić information content (AvgIpc) is 2.21. The van der Waals surface area contributed by atoms with Crippen LogP contribution in [0.1, 0.15) is 19.8 Å². The van der Waals surface area contributed by atoms with Crippen molar-refractivity contribution in [2.24, 2.45) is 5.92 Å². The fourth-order valence-corrected chi connectivity index (χ4v) is 3.38.